The first kappa shape index (κ1) is 35.9. The molecule has 0 radical (unpaired) electrons. The van der Waals surface area contributed by atoms with E-state index in [1.54, 1.807) is 13.2 Å². The van der Waals surface area contributed by atoms with Gasteiger partial charge in [0.25, 0.3) is 0 Å². The van der Waals surface area contributed by atoms with Crippen molar-refractivity contribution in [1.29, 1.82) is 0 Å². The Labute approximate surface area is 293 Å². The molecule has 258 valence electrons. The number of methoxy groups -OCH3 is 1. The Hall–Kier alpha value is -4.43. The van der Waals surface area contributed by atoms with Gasteiger partial charge >= 0.3 is 0 Å². The van der Waals surface area contributed by atoms with Crippen molar-refractivity contribution in [3.8, 4) is 29.3 Å². The van der Waals surface area contributed by atoms with Gasteiger partial charge in [-0.05, 0) is 102 Å². The van der Waals surface area contributed by atoms with Crippen LogP contribution in [0.15, 0.2) is 72.8 Å². The number of hydrogen-bond acceptors (Lipinski definition) is 5. The van der Waals surface area contributed by atoms with E-state index in [-0.39, 0.29) is 17.6 Å². The summed E-state index contributed by atoms with van der Waals surface area (Å²) in [5, 5.41) is 12.6. The quantitative estimate of drug-likeness (QED) is 0.114. The fourth-order valence-corrected chi connectivity index (χ4v) is 6.78. The minimum Gasteiger partial charge on any atom is -0.508 e. The minimum absolute atomic E-state index is 0.167. The minimum atomic E-state index is -0.254. The summed E-state index contributed by atoms with van der Waals surface area (Å²) in [7, 11) is 1.63. The summed E-state index contributed by atoms with van der Waals surface area (Å²) in [6.07, 6.45) is 17.0. The molecule has 2 aliphatic heterocycles. The summed E-state index contributed by atoms with van der Waals surface area (Å²) in [6, 6.07) is 24.6. The lowest BCUT2D eigenvalue weighted by Crippen LogP contribution is -2.16. The SMILES string of the molecule is CCCCCc1ccccc1CCCCCCC[C@@H]1CC(=O)CCc2ccc(OC)c(c2)OCc2ccc3c(c(O)ccc3c2)CC#CO1. The highest BCUT2D eigenvalue weighted by molar-refractivity contribution is 5.88. The normalized spacial score (nSPS) is 15.1. The van der Waals surface area contributed by atoms with Gasteiger partial charge < -0.3 is 19.3 Å². The van der Waals surface area contributed by atoms with Crippen LogP contribution in [0.1, 0.15) is 105 Å². The van der Waals surface area contributed by atoms with Crippen molar-refractivity contribution in [2.75, 3.05) is 7.11 Å². The van der Waals surface area contributed by atoms with E-state index in [2.05, 4.69) is 49.3 Å². The second-order valence-electron chi connectivity index (χ2n) is 13.4. The van der Waals surface area contributed by atoms with E-state index in [1.807, 2.05) is 36.4 Å². The summed E-state index contributed by atoms with van der Waals surface area (Å²) >= 11 is 0. The third-order valence-electron chi connectivity index (χ3n) is 9.64. The average molecular weight is 661 g/mol. The number of hydrogen-bond donors (Lipinski definition) is 1. The molecule has 2 aliphatic rings. The molecule has 0 spiro atoms. The van der Waals surface area contributed by atoms with Gasteiger partial charge in [0.15, 0.2) is 11.5 Å². The third kappa shape index (κ3) is 10.8. The monoisotopic (exact) mass is 660 g/mol. The van der Waals surface area contributed by atoms with Crippen molar-refractivity contribution in [1.82, 2.24) is 0 Å². The standard InChI is InChI=1S/C44H52O5/c1-3-4-8-14-35-16-11-12-17-36(35)15-9-6-5-7-10-18-39-31-38(45)24-20-33-22-27-43(47-2)44(30-33)49-32-34-21-25-40-37(29-34)23-26-42(46)41(40)19-13-28-48-39/h11-12,16-17,21-23,25-27,29-30,39,46H,3-10,14-15,18-20,24,31-32H2,1-2H3/t39-/m1/s1. The Balaban J connectivity index is 1.21. The zero-order valence-electron chi connectivity index (χ0n) is 29.4. The lowest BCUT2D eigenvalue weighted by molar-refractivity contribution is -0.121. The van der Waals surface area contributed by atoms with Crippen LogP contribution in [0, 0.1) is 12.0 Å². The highest BCUT2D eigenvalue weighted by atomic mass is 16.5. The zero-order chi connectivity index (χ0) is 34.3. The highest BCUT2D eigenvalue weighted by Gasteiger charge is 2.16. The molecule has 0 saturated carbocycles. The third-order valence-corrected chi connectivity index (χ3v) is 9.64. The number of benzene rings is 4. The molecule has 0 saturated heterocycles. The lowest BCUT2D eigenvalue weighted by Gasteiger charge is -2.15. The molecule has 2 heterocycles. The van der Waals surface area contributed by atoms with Crippen molar-refractivity contribution in [3.63, 3.8) is 0 Å². The van der Waals surface area contributed by atoms with Crippen LogP contribution in [0.4, 0.5) is 0 Å². The number of fused-ring (bicyclic) bond motifs is 9. The Morgan fingerprint density at radius 1 is 0.837 bits per heavy atom. The van der Waals surface area contributed by atoms with Crippen LogP contribution in [0.25, 0.3) is 10.8 Å². The predicted octanol–water partition coefficient (Wildman–Crippen LogP) is 10.2. The van der Waals surface area contributed by atoms with Crippen molar-refractivity contribution >= 4 is 16.6 Å². The van der Waals surface area contributed by atoms with E-state index in [9.17, 15) is 9.90 Å². The molecule has 4 aromatic rings. The van der Waals surface area contributed by atoms with E-state index in [0.717, 1.165) is 53.1 Å². The van der Waals surface area contributed by atoms with Gasteiger partial charge in [-0.15, -0.1) is 0 Å². The first-order valence-corrected chi connectivity index (χ1v) is 18.3. The van der Waals surface area contributed by atoms with Gasteiger partial charge in [-0.1, -0.05) is 93.5 Å². The Morgan fingerprint density at radius 3 is 2.39 bits per heavy atom. The van der Waals surface area contributed by atoms with E-state index in [4.69, 9.17) is 14.2 Å². The van der Waals surface area contributed by atoms with Gasteiger partial charge in [-0.2, -0.15) is 0 Å². The predicted molar refractivity (Wildman–Crippen MR) is 198 cm³/mol. The van der Waals surface area contributed by atoms with Crippen molar-refractivity contribution < 1.29 is 24.1 Å². The van der Waals surface area contributed by atoms with Gasteiger partial charge in [-0.3, -0.25) is 4.79 Å². The fraction of sp³-hybridized carbons (Fsp3) is 0.432. The number of phenols is 1. The van der Waals surface area contributed by atoms with Crippen molar-refractivity contribution in [2.45, 2.75) is 116 Å². The van der Waals surface area contributed by atoms with E-state index in [1.165, 1.54) is 56.1 Å². The number of carbonyl (C=O) groups is 1. The maximum Gasteiger partial charge on any atom is 0.161 e. The zero-order valence-corrected chi connectivity index (χ0v) is 29.4. The Bertz CT molecular complexity index is 1730. The molecule has 5 heteroatoms. The molecule has 49 heavy (non-hydrogen) atoms. The Kier molecular flexibility index (Phi) is 13.9. The second-order valence-corrected chi connectivity index (χ2v) is 13.4. The van der Waals surface area contributed by atoms with Crippen molar-refractivity contribution in [2.24, 2.45) is 0 Å². The van der Waals surface area contributed by atoms with Crippen LogP contribution < -0.4 is 9.47 Å². The topological polar surface area (TPSA) is 65.0 Å². The molecular weight excluding hydrogens is 608 g/mol. The first-order valence-electron chi connectivity index (χ1n) is 18.3. The fourth-order valence-electron chi connectivity index (χ4n) is 6.78. The van der Waals surface area contributed by atoms with Gasteiger partial charge in [0.2, 0.25) is 0 Å². The van der Waals surface area contributed by atoms with Gasteiger partial charge in [-0.25, -0.2) is 0 Å². The van der Waals surface area contributed by atoms with Crippen LogP contribution >= 0.6 is 0 Å². The molecule has 0 unspecified atom stereocenters. The molecular formula is C44H52O5. The molecule has 6 rings (SSSR count). The number of Topliss-reactive ketones (excluding diaryl/α,β-unsaturated/α-hetero) is 1. The summed E-state index contributed by atoms with van der Waals surface area (Å²) < 4.78 is 17.8. The lowest BCUT2D eigenvalue weighted by atomic mass is 9.96. The number of aryl methyl sites for hydroxylation is 3. The second kappa shape index (κ2) is 18.9. The molecule has 1 N–H and O–H groups in total. The van der Waals surface area contributed by atoms with E-state index < -0.39 is 0 Å². The molecule has 0 aromatic heterocycles. The highest BCUT2D eigenvalue weighted by Crippen LogP contribution is 2.32. The van der Waals surface area contributed by atoms with Crippen molar-refractivity contribution in [3.05, 3.63) is 101 Å². The molecule has 0 amide bonds. The molecule has 0 fully saturated rings. The van der Waals surface area contributed by atoms with Gasteiger partial charge in [0.1, 0.15) is 30.4 Å². The van der Waals surface area contributed by atoms with Crippen LogP contribution in [-0.4, -0.2) is 24.1 Å². The van der Waals surface area contributed by atoms with Crippen LogP contribution in [-0.2, 0) is 41.8 Å². The maximum atomic E-state index is 13.2. The number of ketones is 1. The molecule has 5 nitrogen and oxygen atoms in total. The number of rotatable bonds is 13. The molecule has 6 bridgehead atoms. The number of unbranched alkanes of at least 4 members (excludes halogenated alkanes) is 6. The van der Waals surface area contributed by atoms with Crippen LogP contribution in [0.3, 0.4) is 0 Å². The maximum absolute atomic E-state index is 13.2. The summed E-state index contributed by atoms with van der Waals surface area (Å²) in [4.78, 5) is 13.2. The van der Waals surface area contributed by atoms with Crippen LogP contribution in [0.2, 0.25) is 0 Å². The average Bonchev–Trinajstić information content (AvgIpc) is 3.12. The smallest absolute Gasteiger partial charge is 0.161 e. The molecule has 1 atom stereocenters. The van der Waals surface area contributed by atoms with Gasteiger partial charge in [0.05, 0.1) is 7.11 Å². The number of carbonyl (C=O) groups excluding carboxylic acids is 1. The summed E-state index contributed by atoms with van der Waals surface area (Å²) in [6.45, 7) is 2.63. The summed E-state index contributed by atoms with van der Waals surface area (Å²) in [5.74, 6) is 4.82. The number of phenolic OH excluding ortho intramolecular Hbond substituents is 1. The molecule has 0 aliphatic carbocycles. The molecule has 4 aromatic carbocycles. The van der Waals surface area contributed by atoms with E-state index >= 15 is 0 Å². The number of aromatic hydroxyl groups is 1. The Morgan fingerprint density at radius 2 is 1.59 bits per heavy atom. The van der Waals surface area contributed by atoms with E-state index in [0.29, 0.717) is 43.8 Å². The largest absolute Gasteiger partial charge is 0.508 e. The first-order chi connectivity index (χ1) is 24.0. The van der Waals surface area contributed by atoms with Crippen LogP contribution in [0.5, 0.6) is 17.2 Å². The summed E-state index contributed by atoms with van der Waals surface area (Å²) in [5.41, 5.74) is 5.83. The van der Waals surface area contributed by atoms with Gasteiger partial charge in [0, 0.05) is 24.8 Å². The number of ether oxygens (including phenoxy) is 3.